The Balaban J connectivity index is 0.000000218. The van der Waals surface area contributed by atoms with E-state index in [0.717, 1.165) is 22.6 Å². The Morgan fingerprint density at radius 3 is 1.74 bits per heavy atom. The molecule has 0 spiro atoms. The Morgan fingerprint density at radius 2 is 1.42 bits per heavy atom. The molecule has 0 aliphatic carbocycles. The molecule has 0 saturated heterocycles. The summed E-state index contributed by atoms with van der Waals surface area (Å²) >= 11 is 1.10. The van der Waals surface area contributed by atoms with E-state index < -0.39 is 32.6 Å². The van der Waals surface area contributed by atoms with Crippen LogP contribution >= 0.6 is 22.6 Å². The highest BCUT2D eigenvalue weighted by Gasteiger charge is 2.23. The van der Waals surface area contributed by atoms with E-state index in [0.29, 0.717) is 4.73 Å². The van der Waals surface area contributed by atoms with Gasteiger partial charge in [-0.2, -0.15) is 13.5 Å². The van der Waals surface area contributed by atoms with Crippen molar-refractivity contribution in [2.45, 2.75) is 0 Å². The molecule has 19 heavy (non-hydrogen) atoms. The lowest BCUT2D eigenvalue weighted by atomic mass is 10.3. The summed E-state index contributed by atoms with van der Waals surface area (Å²) in [4.78, 5) is 3.62. The number of aromatic nitrogens is 2. The van der Waals surface area contributed by atoms with Gasteiger partial charge in [0.1, 0.15) is 0 Å². The number of phenols is 1. The summed E-state index contributed by atoms with van der Waals surface area (Å²) < 4.78 is 49.6. The fourth-order valence-corrected chi connectivity index (χ4v) is 1.37. The summed E-state index contributed by atoms with van der Waals surface area (Å²) in [6.45, 7) is 0. The minimum Gasteiger partial charge on any atom is -0.619 e. The van der Waals surface area contributed by atoms with Gasteiger partial charge in [-0.05, 0) is 22.6 Å². The van der Waals surface area contributed by atoms with Gasteiger partial charge in [0.2, 0.25) is 11.6 Å². The minimum absolute atomic E-state index is 0.688. The number of hydrogen-bond donors (Lipinski definition) is 1. The molecule has 0 aliphatic heterocycles. The first kappa shape index (κ1) is 15.4. The molecule has 2 aromatic rings. The van der Waals surface area contributed by atoms with E-state index in [1.54, 1.807) is 0 Å². The molecule has 1 N–H and O–H groups in total. The molecular weight excluding hydrogens is 383 g/mol. The van der Waals surface area contributed by atoms with Crippen LogP contribution in [0.15, 0.2) is 24.8 Å². The Morgan fingerprint density at radius 1 is 1.00 bits per heavy atom. The molecule has 0 radical (unpaired) electrons. The molecule has 0 unspecified atom stereocenters. The highest BCUT2D eigenvalue weighted by Crippen LogP contribution is 2.29. The van der Waals surface area contributed by atoms with Crippen molar-refractivity contribution in [2.75, 3.05) is 0 Å². The van der Waals surface area contributed by atoms with Crippen LogP contribution in [0.4, 0.5) is 17.6 Å². The quantitative estimate of drug-likeness (QED) is 0.188. The van der Waals surface area contributed by atoms with Crippen LogP contribution in [-0.4, -0.2) is 10.1 Å². The molecule has 0 aliphatic rings. The van der Waals surface area contributed by atoms with Crippen LogP contribution in [0.2, 0.25) is 0 Å². The van der Waals surface area contributed by atoms with Crippen LogP contribution < -0.4 is 4.73 Å². The Bertz CT molecular complexity index is 478. The Kier molecular flexibility index (Phi) is 5.27. The largest absolute Gasteiger partial charge is 0.619 e. The van der Waals surface area contributed by atoms with E-state index in [2.05, 4.69) is 4.98 Å². The summed E-state index contributed by atoms with van der Waals surface area (Å²) in [5, 5.41) is 18.6. The van der Waals surface area contributed by atoms with Gasteiger partial charge in [0.15, 0.2) is 29.8 Å². The zero-order valence-corrected chi connectivity index (χ0v) is 11.1. The number of halogens is 5. The molecule has 0 amide bonds. The molecule has 0 saturated carbocycles. The fourth-order valence-electron chi connectivity index (χ4n) is 0.901. The topological polar surface area (TPSA) is 60.1 Å². The van der Waals surface area contributed by atoms with E-state index in [1.807, 2.05) is 0 Å². The second kappa shape index (κ2) is 6.50. The van der Waals surface area contributed by atoms with Crippen molar-refractivity contribution in [3.05, 3.63) is 56.8 Å². The Hall–Kier alpha value is -1.65. The average molecular weight is 388 g/mol. The minimum atomic E-state index is -1.78. The van der Waals surface area contributed by atoms with Gasteiger partial charge in [0.05, 0.1) is 16.0 Å². The van der Waals surface area contributed by atoms with E-state index in [1.165, 1.54) is 24.8 Å². The summed E-state index contributed by atoms with van der Waals surface area (Å²) in [5.74, 6) is -8.37. The number of rotatable bonds is 0. The Labute approximate surface area is 118 Å². The van der Waals surface area contributed by atoms with Gasteiger partial charge >= 0.3 is 0 Å². The predicted molar refractivity (Wildman–Crippen MR) is 63.9 cm³/mol. The van der Waals surface area contributed by atoms with Crippen LogP contribution in [0.1, 0.15) is 0 Å². The molecule has 1 aromatic carbocycles. The van der Waals surface area contributed by atoms with E-state index in [-0.39, 0.29) is 0 Å². The number of phenolic OH excluding ortho intramolecular Hbond substituents is 1. The van der Waals surface area contributed by atoms with E-state index in [4.69, 9.17) is 5.11 Å². The zero-order chi connectivity index (χ0) is 14.6. The molecular formula is C10H5F4IN2O2. The first-order valence-corrected chi connectivity index (χ1v) is 5.63. The maximum absolute atomic E-state index is 12.5. The predicted octanol–water partition coefficient (Wildman–Crippen LogP) is 2.27. The van der Waals surface area contributed by atoms with Crippen LogP contribution in [0.25, 0.3) is 0 Å². The van der Waals surface area contributed by atoms with E-state index in [9.17, 15) is 22.8 Å². The molecule has 4 nitrogen and oxygen atoms in total. The third kappa shape index (κ3) is 3.66. The van der Waals surface area contributed by atoms with Gasteiger partial charge in [-0.25, -0.2) is 8.78 Å². The smallest absolute Gasteiger partial charge is 0.204 e. The maximum Gasteiger partial charge on any atom is 0.204 e. The number of benzene rings is 1. The van der Waals surface area contributed by atoms with Crippen LogP contribution in [0, 0.1) is 32.0 Å². The van der Waals surface area contributed by atoms with Crippen molar-refractivity contribution in [1.82, 2.24) is 4.98 Å². The maximum atomic E-state index is 12.5. The summed E-state index contributed by atoms with van der Waals surface area (Å²) in [6.07, 6.45) is 5.54. The number of aromatic hydroxyl groups is 1. The molecule has 9 heteroatoms. The third-order valence-corrected chi connectivity index (χ3v) is 2.73. The van der Waals surface area contributed by atoms with Crippen LogP contribution in [-0.2, 0) is 0 Å². The summed E-state index contributed by atoms with van der Waals surface area (Å²) in [5.41, 5.74) is 0. The van der Waals surface area contributed by atoms with Gasteiger partial charge in [-0.15, -0.1) is 0 Å². The first-order chi connectivity index (χ1) is 8.86. The SMILES string of the molecule is Oc1c(F)c(F)c(I)c(F)c1F.[O-][n+]1ccncc1. The third-order valence-electron chi connectivity index (χ3n) is 1.79. The van der Waals surface area contributed by atoms with Crippen molar-refractivity contribution in [1.29, 1.82) is 0 Å². The second-order valence-electron chi connectivity index (χ2n) is 3.02. The zero-order valence-electron chi connectivity index (χ0n) is 8.95. The molecule has 0 fully saturated rings. The van der Waals surface area contributed by atoms with Crippen molar-refractivity contribution >= 4 is 22.6 Å². The molecule has 1 aromatic heterocycles. The lowest BCUT2D eigenvalue weighted by Crippen LogP contribution is -2.23. The van der Waals surface area contributed by atoms with Gasteiger partial charge in [0, 0.05) is 0 Å². The second-order valence-corrected chi connectivity index (χ2v) is 4.10. The number of nitrogens with zero attached hydrogens (tertiary/aromatic N) is 2. The molecule has 0 atom stereocenters. The fraction of sp³-hybridized carbons (Fsp3) is 0. The van der Waals surface area contributed by atoms with Crippen molar-refractivity contribution < 1.29 is 27.4 Å². The average Bonchev–Trinajstić information content (AvgIpc) is 2.42. The lowest BCUT2D eigenvalue weighted by molar-refractivity contribution is -0.606. The number of hydrogen-bond acceptors (Lipinski definition) is 3. The van der Waals surface area contributed by atoms with Crippen LogP contribution in [0.3, 0.4) is 0 Å². The van der Waals surface area contributed by atoms with Crippen molar-refractivity contribution in [3.8, 4) is 5.75 Å². The molecule has 0 bridgehead atoms. The van der Waals surface area contributed by atoms with Gasteiger partial charge in [-0.3, -0.25) is 4.98 Å². The van der Waals surface area contributed by atoms with Crippen molar-refractivity contribution in [2.24, 2.45) is 0 Å². The van der Waals surface area contributed by atoms with Gasteiger partial charge in [0.25, 0.3) is 0 Å². The standard InChI is InChI=1S/C6HF4IO.C4H4N2O/c7-1-3(9)6(12)4(10)2(8)5(1)11;7-6-3-1-5-2-4-6/h12H;1-4H. The highest BCUT2D eigenvalue weighted by molar-refractivity contribution is 14.1. The first-order valence-electron chi connectivity index (χ1n) is 4.55. The monoisotopic (exact) mass is 388 g/mol. The molecule has 102 valence electrons. The van der Waals surface area contributed by atoms with Gasteiger partial charge in [-0.1, -0.05) is 0 Å². The normalized spacial score (nSPS) is 9.74. The van der Waals surface area contributed by atoms with Crippen molar-refractivity contribution in [3.63, 3.8) is 0 Å². The summed E-state index contributed by atoms with van der Waals surface area (Å²) in [7, 11) is 0. The van der Waals surface area contributed by atoms with E-state index >= 15 is 0 Å². The lowest BCUT2D eigenvalue weighted by Gasteiger charge is -2.02. The highest BCUT2D eigenvalue weighted by atomic mass is 127. The van der Waals surface area contributed by atoms with Gasteiger partial charge < -0.3 is 10.3 Å². The molecule has 2 rings (SSSR count). The molecule has 1 heterocycles. The van der Waals surface area contributed by atoms with Crippen LogP contribution in [0.5, 0.6) is 5.75 Å². The summed E-state index contributed by atoms with van der Waals surface area (Å²) in [6, 6.07) is 0.